The fraction of sp³-hybridized carbons (Fsp3) is 0.250. The van der Waals surface area contributed by atoms with Crippen LogP contribution in [0.15, 0.2) is 59.4 Å². The van der Waals surface area contributed by atoms with E-state index in [-0.39, 0.29) is 31.4 Å². The van der Waals surface area contributed by atoms with Gasteiger partial charge in [0.25, 0.3) is 0 Å². The summed E-state index contributed by atoms with van der Waals surface area (Å²) >= 11 is 0. The number of nitrogens with zero attached hydrogens (tertiary/aromatic N) is 5. The zero-order valence-corrected chi connectivity index (χ0v) is 14.5. The Morgan fingerprint density at radius 3 is 2.17 bits per heavy atom. The third-order valence-corrected chi connectivity index (χ3v) is 3.31. The van der Waals surface area contributed by atoms with Crippen LogP contribution in [0.5, 0.6) is 0 Å². The van der Waals surface area contributed by atoms with E-state index in [1.54, 1.807) is 23.0 Å². The molecule has 24 heavy (non-hydrogen) atoms. The summed E-state index contributed by atoms with van der Waals surface area (Å²) in [6, 6.07) is 3.75. The Hall–Kier alpha value is -2.67. The molecule has 0 bridgehead atoms. The Morgan fingerprint density at radius 1 is 1.12 bits per heavy atom. The molecule has 0 aliphatic carbocycles. The van der Waals surface area contributed by atoms with E-state index in [4.69, 9.17) is 0 Å². The predicted octanol–water partition coefficient (Wildman–Crippen LogP) is -2.88. The molecule has 7 nitrogen and oxygen atoms in total. The highest BCUT2D eigenvalue weighted by molar-refractivity contribution is 5.41. The SMILES string of the molecule is C=CCn1c(-[n+]2ccc(N(C)C)cc2)nc(=O)n(CC=C)c1=O.[Cl-]. The quantitative estimate of drug-likeness (QED) is 0.415. The van der Waals surface area contributed by atoms with Gasteiger partial charge in [0.15, 0.2) is 0 Å². The summed E-state index contributed by atoms with van der Waals surface area (Å²) < 4.78 is 4.07. The van der Waals surface area contributed by atoms with E-state index < -0.39 is 11.4 Å². The smallest absolute Gasteiger partial charge is 0.428 e. The van der Waals surface area contributed by atoms with E-state index in [9.17, 15) is 9.59 Å². The van der Waals surface area contributed by atoms with Crippen LogP contribution in [0.2, 0.25) is 0 Å². The fourth-order valence-corrected chi connectivity index (χ4v) is 2.14. The number of halogens is 1. The number of allylic oxidation sites excluding steroid dienone is 2. The first-order valence-corrected chi connectivity index (χ1v) is 7.12. The molecule has 2 rings (SSSR count). The second-order valence-corrected chi connectivity index (χ2v) is 5.13. The molecule has 2 aromatic heterocycles. The molecular weight excluding hydrogens is 330 g/mol. The standard InChI is InChI=1S/C16H20N5O2.ClH/c1-5-9-20-14(17-15(22)21(10-6-2)16(20)23)19-11-7-13(8-12-19)18(3)4;/h5-8,11-12H,1-2,9-10H2,3-4H3;1H/q+1;/p-1. The van der Waals surface area contributed by atoms with Crippen molar-refractivity contribution in [1.82, 2.24) is 14.1 Å². The Labute approximate surface area is 146 Å². The van der Waals surface area contributed by atoms with E-state index >= 15 is 0 Å². The van der Waals surface area contributed by atoms with Crippen LogP contribution in [0.4, 0.5) is 5.69 Å². The molecule has 0 unspecified atom stereocenters. The number of hydrogen-bond acceptors (Lipinski definition) is 4. The van der Waals surface area contributed by atoms with Crippen molar-refractivity contribution in [1.29, 1.82) is 0 Å². The highest BCUT2D eigenvalue weighted by Crippen LogP contribution is 2.06. The van der Waals surface area contributed by atoms with E-state index in [0.29, 0.717) is 0 Å². The molecule has 8 heteroatoms. The fourth-order valence-electron chi connectivity index (χ4n) is 2.14. The summed E-state index contributed by atoms with van der Waals surface area (Å²) in [4.78, 5) is 30.6. The maximum atomic E-state index is 12.5. The summed E-state index contributed by atoms with van der Waals surface area (Å²) in [5, 5.41) is 0. The number of rotatable bonds is 6. The van der Waals surface area contributed by atoms with Crippen LogP contribution < -0.4 is 33.3 Å². The van der Waals surface area contributed by atoms with Crippen molar-refractivity contribution in [3.05, 3.63) is 70.8 Å². The normalized spacial score (nSPS) is 9.92. The number of aromatic nitrogens is 4. The van der Waals surface area contributed by atoms with Crippen molar-refractivity contribution in [2.24, 2.45) is 0 Å². The third-order valence-electron chi connectivity index (χ3n) is 3.31. The van der Waals surface area contributed by atoms with Crippen molar-refractivity contribution in [3.8, 4) is 5.95 Å². The van der Waals surface area contributed by atoms with Crippen LogP contribution in [0.25, 0.3) is 5.95 Å². The largest absolute Gasteiger partial charge is 1.00 e. The Bertz CT molecular complexity index is 837. The van der Waals surface area contributed by atoms with Crippen LogP contribution in [0, 0.1) is 0 Å². The second kappa shape index (κ2) is 8.26. The summed E-state index contributed by atoms with van der Waals surface area (Å²) in [6.45, 7) is 7.58. The van der Waals surface area contributed by atoms with Gasteiger partial charge >= 0.3 is 17.3 Å². The van der Waals surface area contributed by atoms with Gasteiger partial charge in [-0.15, -0.1) is 6.58 Å². The first-order chi connectivity index (χ1) is 11.0. The molecule has 0 aliphatic rings. The molecule has 0 aliphatic heterocycles. The molecule has 0 atom stereocenters. The van der Waals surface area contributed by atoms with Crippen LogP contribution in [-0.4, -0.2) is 28.2 Å². The van der Waals surface area contributed by atoms with Crippen LogP contribution in [0.1, 0.15) is 0 Å². The molecule has 0 radical (unpaired) electrons. The summed E-state index contributed by atoms with van der Waals surface area (Å²) in [6.07, 6.45) is 6.59. The average molecular weight is 350 g/mol. The molecule has 128 valence electrons. The van der Waals surface area contributed by atoms with Crippen molar-refractivity contribution < 1.29 is 17.0 Å². The van der Waals surface area contributed by atoms with Gasteiger partial charge in [0.1, 0.15) is 0 Å². The molecular formula is C16H20ClN5O2. The van der Waals surface area contributed by atoms with Crippen LogP contribution in [-0.2, 0) is 13.1 Å². The Morgan fingerprint density at radius 2 is 1.67 bits per heavy atom. The van der Waals surface area contributed by atoms with Crippen molar-refractivity contribution in [2.75, 3.05) is 19.0 Å². The van der Waals surface area contributed by atoms with E-state index in [0.717, 1.165) is 10.3 Å². The van der Waals surface area contributed by atoms with E-state index in [2.05, 4.69) is 18.1 Å². The summed E-state index contributed by atoms with van der Waals surface area (Å²) in [5.41, 5.74) is -0.0442. The lowest BCUT2D eigenvalue weighted by molar-refractivity contribution is -0.606. The van der Waals surface area contributed by atoms with Crippen molar-refractivity contribution in [2.45, 2.75) is 13.1 Å². The molecule has 0 aromatic carbocycles. The number of anilines is 1. The Balaban J connectivity index is 0.00000288. The third kappa shape index (κ3) is 3.80. The molecule has 0 N–H and O–H groups in total. The molecule has 0 amide bonds. The van der Waals surface area contributed by atoms with Gasteiger partial charge in [-0.25, -0.2) is 18.7 Å². The van der Waals surface area contributed by atoms with E-state index in [1.165, 1.54) is 10.6 Å². The lowest BCUT2D eigenvalue weighted by Crippen LogP contribution is -3.00. The van der Waals surface area contributed by atoms with Gasteiger partial charge < -0.3 is 17.3 Å². The van der Waals surface area contributed by atoms with Gasteiger partial charge in [-0.2, -0.15) is 4.57 Å². The Kier molecular flexibility index (Phi) is 6.67. The number of pyridine rings is 1. The monoisotopic (exact) mass is 349 g/mol. The summed E-state index contributed by atoms with van der Waals surface area (Å²) in [7, 11) is 3.87. The molecule has 0 saturated heterocycles. The number of hydrogen-bond donors (Lipinski definition) is 0. The van der Waals surface area contributed by atoms with Gasteiger partial charge in [-0.3, -0.25) is 0 Å². The lowest BCUT2D eigenvalue weighted by atomic mass is 10.4. The molecule has 2 heterocycles. The maximum absolute atomic E-state index is 12.5. The second-order valence-electron chi connectivity index (χ2n) is 5.13. The highest BCUT2D eigenvalue weighted by Gasteiger charge is 2.21. The zero-order chi connectivity index (χ0) is 17.0. The van der Waals surface area contributed by atoms with Crippen molar-refractivity contribution in [3.63, 3.8) is 0 Å². The first-order valence-electron chi connectivity index (χ1n) is 7.12. The minimum absolute atomic E-state index is 0. The topological polar surface area (TPSA) is 64.0 Å². The maximum Gasteiger partial charge on any atom is 0.428 e. The van der Waals surface area contributed by atoms with Gasteiger partial charge in [0.2, 0.25) is 0 Å². The zero-order valence-electron chi connectivity index (χ0n) is 13.7. The molecule has 2 aromatic rings. The highest BCUT2D eigenvalue weighted by atomic mass is 35.5. The minimum Gasteiger partial charge on any atom is -1.00 e. The van der Waals surface area contributed by atoms with Crippen LogP contribution in [0.3, 0.4) is 0 Å². The minimum atomic E-state index is -0.602. The molecule has 0 spiro atoms. The van der Waals surface area contributed by atoms with Gasteiger partial charge in [0.05, 0.1) is 25.5 Å². The van der Waals surface area contributed by atoms with Gasteiger partial charge in [-0.05, 0) is 17.1 Å². The van der Waals surface area contributed by atoms with E-state index in [1.807, 2.05) is 31.1 Å². The molecule has 0 fully saturated rings. The first kappa shape index (κ1) is 19.4. The average Bonchev–Trinajstić information content (AvgIpc) is 2.54. The van der Waals surface area contributed by atoms with Crippen molar-refractivity contribution >= 4 is 5.69 Å². The van der Waals surface area contributed by atoms with Gasteiger partial charge in [-0.1, -0.05) is 18.7 Å². The van der Waals surface area contributed by atoms with Gasteiger partial charge in [0, 0.05) is 19.8 Å². The predicted molar refractivity (Wildman–Crippen MR) is 89.0 cm³/mol. The molecule has 0 saturated carbocycles. The van der Waals surface area contributed by atoms with Crippen LogP contribution >= 0.6 is 0 Å². The lowest BCUT2D eigenvalue weighted by Gasteiger charge is -2.12. The summed E-state index contributed by atoms with van der Waals surface area (Å²) in [5.74, 6) is 0.255.